The molecule has 0 bridgehead atoms. The molecule has 2 rings (SSSR count). The average molecular weight is 233 g/mol. The van der Waals surface area contributed by atoms with Gasteiger partial charge in [0.2, 0.25) is 5.90 Å². The maximum atomic E-state index is 5.65. The van der Waals surface area contributed by atoms with Crippen LogP contribution < -0.4 is 5.73 Å². The van der Waals surface area contributed by atoms with Crippen molar-refractivity contribution in [3.8, 4) is 0 Å². The zero-order chi connectivity index (χ0) is 12.3. The molecule has 0 saturated heterocycles. The molecular formula is C13H19N3O. The van der Waals surface area contributed by atoms with Gasteiger partial charge in [0, 0.05) is 6.54 Å². The Morgan fingerprint density at radius 1 is 1.35 bits per heavy atom. The minimum atomic E-state index is -0.0582. The molecule has 1 atom stereocenters. The van der Waals surface area contributed by atoms with Gasteiger partial charge >= 0.3 is 0 Å². The number of nitrogens with two attached hydrogens (primary N) is 1. The van der Waals surface area contributed by atoms with Crippen LogP contribution in [0.4, 0.5) is 0 Å². The molecule has 92 valence electrons. The van der Waals surface area contributed by atoms with Crippen LogP contribution in [-0.4, -0.2) is 24.1 Å². The van der Waals surface area contributed by atoms with Gasteiger partial charge in [0.15, 0.2) is 6.17 Å². The molecule has 4 heteroatoms. The minimum Gasteiger partial charge on any atom is -0.387 e. The smallest absolute Gasteiger partial charge is 0.225 e. The minimum absolute atomic E-state index is 0.0582. The number of aliphatic imine (C=N–C) groups is 1. The number of rotatable bonds is 4. The van der Waals surface area contributed by atoms with Crippen LogP contribution in [0.5, 0.6) is 0 Å². The molecule has 4 nitrogen and oxygen atoms in total. The fourth-order valence-electron chi connectivity index (χ4n) is 1.86. The van der Waals surface area contributed by atoms with Gasteiger partial charge in [0.1, 0.15) is 0 Å². The highest BCUT2D eigenvalue weighted by molar-refractivity contribution is 5.79. The third-order valence-electron chi connectivity index (χ3n) is 2.58. The Morgan fingerprint density at radius 2 is 2.06 bits per heavy atom. The summed E-state index contributed by atoms with van der Waals surface area (Å²) >= 11 is 0. The fraction of sp³-hybridized carbons (Fsp3) is 0.462. The van der Waals surface area contributed by atoms with E-state index in [0.717, 1.165) is 12.1 Å². The second-order valence-electron chi connectivity index (χ2n) is 4.60. The van der Waals surface area contributed by atoms with Crippen molar-refractivity contribution in [2.24, 2.45) is 16.6 Å². The fourth-order valence-corrected chi connectivity index (χ4v) is 1.86. The summed E-state index contributed by atoms with van der Waals surface area (Å²) in [7, 11) is 0. The molecule has 1 aliphatic heterocycles. The lowest BCUT2D eigenvalue weighted by Crippen LogP contribution is -2.29. The number of hydrogen-bond donors (Lipinski definition) is 1. The molecule has 0 aromatic heterocycles. The van der Waals surface area contributed by atoms with E-state index >= 15 is 0 Å². The van der Waals surface area contributed by atoms with E-state index in [1.165, 1.54) is 0 Å². The van der Waals surface area contributed by atoms with E-state index < -0.39 is 0 Å². The Labute approximate surface area is 102 Å². The predicted molar refractivity (Wildman–Crippen MR) is 68.3 cm³/mol. The van der Waals surface area contributed by atoms with Gasteiger partial charge in [-0.3, -0.25) is 0 Å². The van der Waals surface area contributed by atoms with Gasteiger partial charge < -0.3 is 10.6 Å². The highest BCUT2D eigenvalue weighted by Gasteiger charge is 2.29. The first-order chi connectivity index (χ1) is 8.20. The molecule has 1 heterocycles. The van der Waals surface area contributed by atoms with Gasteiger partial charge in [0.05, 0.1) is 6.54 Å². The maximum Gasteiger partial charge on any atom is 0.225 e. The van der Waals surface area contributed by atoms with Crippen LogP contribution in [0.15, 0.2) is 35.3 Å². The Bertz CT molecular complexity index is 389. The largest absolute Gasteiger partial charge is 0.387 e. The first-order valence-corrected chi connectivity index (χ1v) is 5.97. The molecule has 1 aromatic rings. The molecule has 0 aliphatic carbocycles. The molecule has 17 heavy (non-hydrogen) atoms. The third kappa shape index (κ3) is 2.84. The maximum absolute atomic E-state index is 5.65. The summed E-state index contributed by atoms with van der Waals surface area (Å²) in [5.74, 6) is 1.13. The monoisotopic (exact) mass is 233 g/mol. The molecule has 0 unspecified atom stereocenters. The van der Waals surface area contributed by atoms with Crippen molar-refractivity contribution < 1.29 is 4.84 Å². The molecule has 1 aromatic carbocycles. The zero-order valence-corrected chi connectivity index (χ0v) is 10.3. The first kappa shape index (κ1) is 12.1. The van der Waals surface area contributed by atoms with E-state index in [9.17, 15) is 0 Å². The Hall–Kier alpha value is -1.39. The SMILES string of the molecule is CC(C)CN1OC(CN)=N[C@@H]1c1ccccc1. The Kier molecular flexibility index (Phi) is 3.76. The molecule has 0 saturated carbocycles. The lowest BCUT2D eigenvalue weighted by molar-refractivity contribution is -0.0935. The topological polar surface area (TPSA) is 50.9 Å². The number of hydroxylamine groups is 2. The lowest BCUT2D eigenvalue weighted by Gasteiger charge is -2.23. The molecular weight excluding hydrogens is 214 g/mol. The lowest BCUT2D eigenvalue weighted by atomic mass is 10.1. The van der Waals surface area contributed by atoms with Crippen LogP contribution in [0.1, 0.15) is 25.6 Å². The van der Waals surface area contributed by atoms with E-state index in [2.05, 4.69) is 31.0 Å². The van der Waals surface area contributed by atoms with Crippen LogP contribution >= 0.6 is 0 Å². The average Bonchev–Trinajstić information content (AvgIpc) is 2.72. The normalized spacial score (nSPS) is 20.5. The Morgan fingerprint density at radius 3 is 2.65 bits per heavy atom. The molecule has 2 N–H and O–H groups in total. The number of hydrogen-bond acceptors (Lipinski definition) is 4. The van der Waals surface area contributed by atoms with Crippen LogP contribution in [0.2, 0.25) is 0 Å². The molecule has 1 aliphatic rings. The zero-order valence-electron chi connectivity index (χ0n) is 10.3. The van der Waals surface area contributed by atoms with Crippen LogP contribution in [0, 0.1) is 5.92 Å². The summed E-state index contributed by atoms with van der Waals surface area (Å²) in [5.41, 5.74) is 6.72. The molecule has 0 amide bonds. The van der Waals surface area contributed by atoms with Crippen molar-refractivity contribution in [2.75, 3.05) is 13.1 Å². The molecule has 0 fully saturated rings. The summed E-state index contributed by atoms with van der Waals surface area (Å²) in [6, 6.07) is 10.1. The van der Waals surface area contributed by atoms with Crippen molar-refractivity contribution >= 4 is 5.90 Å². The quantitative estimate of drug-likeness (QED) is 0.864. The highest BCUT2D eigenvalue weighted by Crippen LogP contribution is 2.28. The number of nitrogens with zero attached hydrogens (tertiary/aromatic N) is 2. The van der Waals surface area contributed by atoms with Gasteiger partial charge in [-0.15, -0.1) is 5.06 Å². The van der Waals surface area contributed by atoms with Gasteiger partial charge in [-0.25, -0.2) is 4.99 Å². The predicted octanol–water partition coefficient (Wildman–Crippen LogP) is 1.95. The van der Waals surface area contributed by atoms with E-state index in [-0.39, 0.29) is 6.17 Å². The Balaban J connectivity index is 2.19. The molecule has 0 radical (unpaired) electrons. The van der Waals surface area contributed by atoms with Gasteiger partial charge in [0.25, 0.3) is 0 Å². The van der Waals surface area contributed by atoms with Crippen molar-refractivity contribution in [1.82, 2.24) is 5.06 Å². The summed E-state index contributed by atoms with van der Waals surface area (Å²) in [6.07, 6.45) is -0.0582. The van der Waals surface area contributed by atoms with Crippen LogP contribution in [-0.2, 0) is 4.84 Å². The van der Waals surface area contributed by atoms with Crippen molar-refractivity contribution in [3.63, 3.8) is 0 Å². The van der Waals surface area contributed by atoms with E-state index in [1.54, 1.807) is 0 Å². The number of benzene rings is 1. The summed E-state index contributed by atoms with van der Waals surface area (Å²) in [6.45, 7) is 5.50. The summed E-state index contributed by atoms with van der Waals surface area (Å²) in [4.78, 5) is 10.2. The summed E-state index contributed by atoms with van der Waals surface area (Å²) in [5, 5.41) is 1.90. The highest BCUT2D eigenvalue weighted by atomic mass is 16.7. The van der Waals surface area contributed by atoms with Crippen LogP contribution in [0.3, 0.4) is 0 Å². The summed E-state index contributed by atoms with van der Waals surface area (Å²) < 4.78 is 0. The molecule has 0 spiro atoms. The van der Waals surface area contributed by atoms with E-state index in [1.807, 2.05) is 23.3 Å². The van der Waals surface area contributed by atoms with E-state index in [4.69, 9.17) is 10.6 Å². The van der Waals surface area contributed by atoms with Gasteiger partial charge in [-0.05, 0) is 11.5 Å². The van der Waals surface area contributed by atoms with Crippen molar-refractivity contribution in [1.29, 1.82) is 0 Å². The van der Waals surface area contributed by atoms with Gasteiger partial charge in [-0.1, -0.05) is 44.2 Å². The second kappa shape index (κ2) is 5.29. The van der Waals surface area contributed by atoms with Crippen molar-refractivity contribution in [2.45, 2.75) is 20.0 Å². The van der Waals surface area contributed by atoms with E-state index in [0.29, 0.717) is 18.4 Å². The van der Waals surface area contributed by atoms with Gasteiger partial charge in [-0.2, -0.15) is 0 Å². The first-order valence-electron chi connectivity index (χ1n) is 5.97. The second-order valence-corrected chi connectivity index (χ2v) is 4.60. The standard InChI is InChI=1S/C13H19N3O/c1-10(2)9-16-13(15-12(8-14)17-16)11-6-4-3-5-7-11/h3-7,10,13H,8-9,14H2,1-2H3/t13-/m0/s1. The van der Waals surface area contributed by atoms with Crippen molar-refractivity contribution in [3.05, 3.63) is 35.9 Å². The van der Waals surface area contributed by atoms with Crippen LogP contribution in [0.25, 0.3) is 0 Å². The third-order valence-corrected chi connectivity index (χ3v) is 2.58.